The number of benzene rings is 2. The quantitative estimate of drug-likeness (QED) is 0.675. The van der Waals surface area contributed by atoms with Gasteiger partial charge in [0.05, 0.1) is 27.0 Å². The molecule has 0 aliphatic heterocycles. The molecule has 0 fully saturated rings. The summed E-state index contributed by atoms with van der Waals surface area (Å²) in [5.74, 6) is 1.45. The molecule has 1 heterocycles. The number of methoxy groups -OCH3 is 3. The van der Waals surface area contributed by atoms with Crippen LogP contribution in [-0.4, -0.2) is 37.6 Å². The van der Waals surface area contributed by atoms with Gasteiger partial charge in [-0.1, -0.05) is 18.2 Å². The summed E-state index contributed by atoms with van der Waals surface area (Å²) in [6.45, 7) is 0. The maximum atomic E-state index is 12.4. The maximum Gasteiger partial charge on any atom is 0.323 e. The Kier molecular flexibility index (Phi) is 5.91. The number of rotatable bonds is 6. The van der Waals surface area contributed by atoms with E-state index in [0.717, 1.165) is 5.56 Å². The van der Waals surface area contributed by atoms with Gasteiger partial charge in [0.1, 0.15) is 17.2 Å². The van der Waals surface area contributed by atoms with Crippen molar-refractivity contribution in [3.05, 3.63) is 54.6 Å². The van der Waals surface area contributed by atoms with Crippen molar-refractivity contribution in [2.45, 2.75) is 0 Å². The van der Waals surface area contributed by atoms with Crippen LogP contribution < -0.4 is 24.8 Å². The zero-order valence-corrected chi connectivity index (χ0v) is 15.7. The molecule has 0 saturated carbocycles. The molecule has 0 unspecified atom stereocenters. The van der Waals surface area contributed by atoms with E-state index in [1.165, 1.54) is 21.3 Å². The molecule has 3 rings (SSSR count). The van der Waals surface area contributed by atoms with Crippen LogP contribution >= 0.6 is 0 Å². The summed E-state index contributed by atoms with van der Waals surface area (Å²) in [5, 5.41) is 13.6. The monoisotopic (exact) mass is 380 g/mol. The molecule has 0 aliphatic carbocycles. The highest BCUT2D eigenvalue weighted by molar-refractivity contribution is 6.01. The fraction of sp³-hybridized carbons (Fsp3) is 0.150. The summed E-state index contributed by atoms with van der Waals surface area (Å²) in [6.07, 6.45) is 0. The molecular weight excluding hydrogens is 360 g/mol. The zero-order valence-electron chi connectivity index (χ0n) is 15.7. The van der Waals surface area contributed by atoms with Gasteiger partial charge in [0, 0.05) is 17.3 Å². The van der Waals surface area contributed by atoms with Crippen LogP contribution in [0, 0.1) is 0 Å². The molecule has 0 aliphatic rings. The summed E-state index contributed by atoms with van der Waals surface area (Å²) < 4.78 is 15.6. The molecule has 2 aromatic carbocycles. The third-order valence-electron chi connectivity index (χ3n) is 3.95. The summed E-state index contributed by atoms with van der Waals surface area (Å²) in [6, 6.07) is 15.6. The lowest BCUT2D eigenvalue weighted by molar-refractivity contribution is 0.262. The van der Waals surface area contributed by atoms with Crippen molar-refractivity contribution in [1.29, 1.82) is 0 Å². The molecule has 0 saturated heterocycles. The van der Waals surface area contributed by atoms with E-state index < -0.39 is 6.03 Å². The van der Waals surface area contributed by atoms with Crippen molar-refractivity contribution in [3.8, 4) is 28.6 Å². The van der Waals surface area contributed by atoms with Crippen LogP contribution in [0.2, 0.25) is 0 Å². The zero-order chi connectivity index (χ0) is 19.9. The number of para-hydroxylation sites is 1. The first-order valence-corrected chi connectivity index (χ1v) is 8.41. The lowest BCUT2D eigenvalue weighted by Crippen LogP contribution is -2.20. The average Bonchev–Trinajstić information content (AvgIpc) is 2.74. The highest BCUT2D eigenvalue weighted by atomic mass is 16.5. The Balaban J connectivity index is 1.69. The van der Waals surface area contributed by atoms with E-state index in [9.17, 15) is 4.79 Å². The number of urea groups is 1. The topological polar surface area (TPSA) is 94.6 Å². The lowest BCUT2D eigenvalue weighted by Gasteiger charge is -2.14. The molecule has 0 radical (unpaired) electrons. The van der Waals surface area contributed by atoms with Crippen molar-refractivity contribution in [2.24, 2.45) is 0 Å². The first-order chi connectivity index (χ1) is 13.6. The van der Waals surface area contributed by atoms with Gasteiger partial charge >= 0.3 is 6.03 Å². The Bertz CT molecular complexity index is 921. The van der Waals surface area contributed by atoms with Crippen molar-refractivity contribution in [2.75, 3.05) is 32.0 Å². The number of anilines is 2. The van der Waals surface area contributed by atoms with Gasteiger partial charge < -0.3 is 24.8 Å². The third-order valence-corrected chi connectivity index (χ3v) is 3.95. The first-order valence-electron chi connectivity index (χ1n) is 8.41. The number of nitrogens with one attached hydrogen (secondary N) is 2. The van der Waals surface area contributed by atoms with Crippen molar-refractivity contribution in [1.82, 2.24) is 10.2 Å². The van der Waals surface area contributed by atoms with Crippen LogP contribution in [0.4, 0.5) is 16.2 Å². The Hall–Kier alpha value is -3.81. The van der Waals surface area contributed by atoms with E-state index >= 15 is 0 Å². The molecule has 8 nitrogen and oxygen atoms in total. The van der Waals surface area contributed by atoms with Crippen LogP contribution in [0.25, 0.3) is 11.3 Å². The van der Waals surface area contributed by atoms with E-state index in [1.807, 2.05) is 18.2 Å². The van der Waals surface area contributed by atoms with E-state index in [0.29, 0.717) is 34.4 Å². The minimum atomic E-state index is -0.417. The molecule has 0 bridgehead atoms. The largest absolute Gasteiger partial charge is 0.494 e. The van der Waals surface area contributed by atoms with E-state index in [1.54, 1.807) is 36.4 Å². The van der Waals surface area contributed by atoms with Gasteiger partial charge in [0.25, 0.3) is 0 Å². The van der Waals surface area contributed by atoms with Crippen LogP contribution in [0.15, 0.2) is 54.6 Å². The molecule has 8 heteroatoms. The maximum absolute atomic E-state index is 12.4. The highest BCUT2D eigenvalue weighted by Gasteiger charge is 2.13. The van der Waals surface area contributed by atoms with Gasteiger partial charge in [0.2, 0.25) is 5.88 Å². The smallest absolute Gasteiger partial charge is 0.323 e. The third kappa shape index (κ3) is 4.29. The SMILES string of the molecule is COc1ccc(-c2ccc(NC(=O)Nc3c(OC)cccc3OC)cc2)nn1. The Morgan fingerprint density at radius 3 is 2.00 bits per heavy atom. The van der Waals surface area contributed by atoms with Crippen molar-refractivity contribution < 1.29 is 19.0 Å². The number of ether oxygens (including phenoxy) is 3. The standard InChI is InChI=1S/C20H20N4O4/c1-26-16-5-4-6-17(27-2)19(16)22-20(25)21-14-9-7-13(8-10-14)15-11-12-18(28-3)24-23-15/h4-12H,1-3H3,(H2,21,22,25). The number of carbonyl (C=O) groups excluding carboxylic acids is 1. The second kappa shape index (κ2) is 8.72. The van der Waals surface area contributed by atoms with Gasteiger partial charge in [-0.15, -0.1) is 10.2 Å². The van der Waals surface area contributed by atoms with Crippen LogP contribution in [0.5, 0.6) is 17.4 Å². The fourth-order valence-corrected chi connectivity index (χ4v) is 2.56. The van der Waals surface area contributed by atoms with Crippen LogP contribution in [0.1, 0.15) is 0 Å². The number of carbonyl (C=O) groups is 1. The minimum absolute atomic E-state index is 0.417. The lowest BCUT2D eigenvalue weighted by atomic mass is 10.1. The van der Waals surface area contributed by atoms with E-state index in [2.05, 4.69) is 20.8 Å². The number of nitrogens with zero attached hydrogens (tertiary/aromatic N) is 2. The molecule has 2 amide bonds. The normalized spacial score (nSPS) is 10.1. The molecule has 144 valence electrons. The molecule has 0 spiro atoms. The van der Waals surface area contributed by atoms with Gasteiger partial charge in [-0.05, 0) is 30.3 Å². The molecule has 3 aromatic rings. The molecule has 28 heavy (non-hydrogen) atoms. The molecule has 1 aromatic heterocycles. The average molecular weight is 380 g/mol. The minimum Gasteiger partial charge on any atom is -0.494 e. The van der Waals surface area contributed by atoms with Gasteiger partial charge in [-0.3, -0.25) is 0 Å². The van der Waals surface area contributed by atoms with E-state index in [4.69, 9.17) is 14.2 Å². The second-order valence-electron chi connectivity index (χ2n) is 5.65. The summed E-state index contributed by atoms with van der Waals surface area (Å²) in [7, 11) is 4.59. The Labute approximate surface area is 162 Å². The predicted octanol–water partition coefficient (Wildman–Crippen LogP) is 3.81. The Morgan fingerprint density at radius 1 is 0.786 bits per heavy atom. The number of aromatic nitrogens is 2. The Morgan fingerprint density at radius 2 is 1.46 bits per heavy atom. The fourth-order valence-electron chi connectivity index (χ4n) is 2.56. The van der Waals surface area contributed by atoms with Gasteiger partial charge in [-0.25, -0.2) is 4.79 Å². The second-order valence-corrected chi connectivity index (χ2v) is 5.65. The number of hydrogen-bond acceptors (Lipinski definition) is 6. The van der Waals surface area contributed by atoms with Crippen LogP contribution in [0.3, 0.4) is 0 Å². The van der Waals surface area contributed by atoms with Crippen molar-refractivity contribution in [3.63, 3.8) is 0 Å². The first kappa shape index (κ1) is 19.0. The van der Waals surface area contributed by atoms with E-state index in [-0.39, 0.29) is 0 Å². The number of hydrogen-bond donors (Lipinski definition) is 2. The molecule has 0 atom stereocenters. The molecular formula is C20H20N4O4. The number of amides is 2. The van der Waals surface area contributed by atoms with Crippen LogP contribution in [-0.2, 0) is 0 Å². The van der Waals surface area contributed by atoms with Gasteiger partial charge in [0.15, 0.2) is 0 Å². The highest BCUT2D eigenvalue weighted by Crippen LogP contribution is 2.34. The summed E-state index contributed by atoms with van der Waals surface area (Å²) in [4.78, 5) is 12.4. The summed E-state index contributed by atoms with van der Waals surface area (Å²) >= 11 is 0. The predicted molar refractivity (Wildman–Crippen MR) is 106 cm³/mol. The summed E-state index contributed by atoms with van der Waals surface area (Å²) in [5.41, 5.74) is 2.65. The van der Waals surface area contributed by atoms with Gasteiger partial charge in [-0.2, -0.15) is 0 Å². The molecule has 2 N–H and O–H groups in total. The van der Waals surface area contributed by atoms with Crippen molar-refractivity contribution >= 4 is 17.4 Å².